The number of hydrogen-bond acceptors (Lipinski definition) is 3. The van der Waals surface area contributed by atoms with E-state index >= 15 is 0 Å². The molecule has 0 saturated heterocycles. The molecule has 5 nitrogen and oxygen atoms in total. The normalized spacial score (nSPS) is 11.8. The van der Waals surface area contributed by atoms with Gasteiger partial charge in [-0.2, -0.15) is 5.10 Å². The maximum atomic E-state index is 12.7. The molecule has 3 aromatic rings. The van der Waals surface area contributed by atoms with E-state index in [4.69, 9.17) is 16.3 Å². The minimum atomic E-state index is -0.182. The van der Waals surface area contributed by atoms with Crippen molar-refractivity contribution in [1.82, 2.24) is 15.1 Å². The van der Waals surface area contributed by atoms with Crippen LogP contribution in [0.25, 0.3) is 0 Å². The van der Waals surface area contributed by atoms with E-state index in [0.29, 0.717) is 16.5 Å². The van der Waals surface area contributed by atoms with Crippen molar-refractivity contribution < 1.29 is 9.53 Å². The van der Waals surface area contributed by atoms with Crippen LogP contribution in [0, 0.1) is 0 Å². The van der Waals surface area contributed by atoms with Crippen LogP contribution in [0.2, 0.25) is 5.02 Å². The van der Waals surface area contributed by atoms with Crippen LogP contribution < -0.4 is 10.1 Å². The Kier molecular flexibility index (Phi) is 5.92. The fourth-order valence-electron chi connectivity index (χ4n) is 2.63. The van der Waals surface area contributed by atoms with Gasteiger partial charge in [-0.1, -0.05) is 48.9 Å². The Morgan fingerprint density at radius 2 is 1.88 bits per heavy atom. The van der Waals surface area contributed by atoms with Crippen LogP contribution >= 0.6 is 11.6 Å². The second-order valence-corrected chi connectivity index (χ2v) is 6.22. The third-order valence-corrected chi connectivity index (χ3v) is 4.28. The number of rotatable bonds is 7. The molecule has 0 saturated carbocycles. The topological polar surface area (TPSA) is 56.2 Å². The summed E-state index contributed by atoms with van der Waals surface area (Å²) in [6.07, 6.45) is 2.38. The minimum Gasteiger partial charge on any atom is -0.471 e. The largest absolute Gasteiger partial charge is 0.471 e. The summed E-state index contributed by atoms with van der Waals surface area (Å²) in [5, 5.41) is 7.88. The van der Waals surface area contributed by atoms with Crippen molar-refractivity contribution in [3.8, 4) is 5.75 Å². The van der Waals surface area contributed by atoms with Gasteiger partial charge >= 0.3 is 0 Å². The molecule has 1 N–H and O–H groups in total. The fourth-order valence-corrected chi connectivity index (χ4v) is 2.76. The molecule has 1 amide bonds. The number of carbonyl (C=O) groups is 1. The van der Waals surface area contributed by atoms with Crippen molar-refractivity contribution in [1.29, 1.82) is 0 Å². The van der Waals surface area contributed by atoms with Gasteiger partial charge < -0.3 is 10.1 Å². The highest BCUT2D eigenvalue weighted by atomic mass is 35.5. The third kappa shape index (κ3) is 4.43. The van der Waals surface area contributed by atoms with Crippen LogP contribution in [0.4, 0.5) is 0 Å². The van der Waals surface area contributed by atoms with E-state index in [-0.39, 0.29) is 18.7 Å². The molecule has 0 aliphatic rings. The zero-order chi connectivity index (χ0) is 18.4. The first kappa shape index (κ1) is 18.0. The zero-order valence-corrected chi connectivity index (χ0v) is 15.2. The van der Waals surface area contributed by atoms with Crippen LogP contribution in [0.5, 0.6) is 5.75 Å². The van der Waals surface area contributed by atoms with E-state index < -0.39 is 0 Å². The number of halogens is 1. The smallest absolute Gasteiger partial charge is 0.270 e. The van der Waals surface area contributed by atoms with E-state index in [2.05, 4.69) is 10.4 Å². The molecular weight excluding hydrogens is 350 g/mol. The van der Waals surface area contributed by atoms with Gasteiger partial charge in [0, 0.05) is 11.2 Å². The molecule has 0 spiro atoms. The number of amides is 1. The van der Waals surface area contributed by atoms with Crippen molar-refractivity contribution in [2.45, 2.75) is 26.1 Å². The van der Waals surface area contributed by atoms with Gasteiger partial charge in [-0.05, 0) is 42.3 Å². The summed E-state index contributed by atoms with van der Waals surface area (Å²) in [7, 11) is 0. The summed E-state index contributed by atoms with van der Waals surface area (Å²) in [6.45, 7) is 2.18. The maximum Gasteiger partial charge on any atom is 0.270 e. The molecule has 1 atom stereocenters. The van der Waals surface area contributed by atoms with E-state index in [1.54, 1.807) is 36.5 Å². The average Bonchev–Trinajstić information content (AvgIpc) is 3.15. The van der Waals surface area contributed by atoms with Crippen molar-refractivity contribution in [2.24, 2.45) is 0 Å². The molecule has 0 bridgehead atoms. The van der Waals surface area contributed by atoms with Gasteiger partial charge in [-0.3, -0.25) is 4.79 Å². The van der Waals surface area contributed by atoms with Gasteiger partial charge in [0.2, 0.25) is 0 Å². The van der Waals surface area contributed by atoms with Gasteiger partial charge in [-0.15, -0.1) is 0 Å². The molecule has 2 aromatic carbocycles. The van der Waals surface area contributed by atoms with Gasteiger partial charge in [0.15, 0.2) is 6.73 Å². The molecule has 1 heterocycles. The average molecular weight is 370 g/mol. The Balaban J connectivity index is 1.67. The first-order valence-electron chi connectivity index (χ1n) is 8.43. The predicted molar refractivity (Wildman–Crippen MR) is 101 cm³/mol. The predicted octanol–water partition coefficient (Wildman–Crippen LogP) is 4.45. The molecule has 6 heteroatoms. The molecule has 134 valence electrons. The standard InChI is InChI=1S/C20H20ClN3O2/c1-2-18(15-6-4-3-5-7-15)23-20(25)19-12-13-22-24(19)14-26-17-10-8-16(21)9-11-17/h3-13,18H,2,14H2,1H3,(H,23,25). The number of ether oxygens (including phenoxy) is 1. The molecule has 3 rings (SSSR count). The Bertz CT molecular complexity index is 847. The lowest BCUT2D eigenvalue weighted by molar-refractivity contribution is 0.0914. The second-order valence-electron chi connectivity index (χ2n) is 5.79. The van der Waals surface area contributed by atoms with Crippen molar-refractivity contribution in [2.75, 3.05) is 0 Å². The third-order valence-electron chi connectivity index (χ3n) is 4.03. The Morgan fingerprint density at radius 1 is 1.15 bits per heavy atom. The molecule has 0 aliphatic heterocycles. The number of carbonyl (C=O) groups excluding carboxylic acids is 1. The highest BCUT2D eigenvalue weighted by molar-refractivity contribution is 6.30. The Labute approximate surface area is 157 Å². The van der Waals surface area contributed by atoms with Crippen molar-refractivity contribution in [3.63, 3.8) is 0 Å². The summed E-state index contributed by atoms with van der Waals surface area (Å²) in [4.78, 5) is 12.7. The lowest BCUT2D eigenvalue weighted by Gasteiger charge is -2.18. The summed E-state index contributed by atoms with van der Waals surface area (Å²) < 4.78 is 7.20. The molecule has 1 aromatic heterocycles. The first-order chi connectivity index (χ1) is 12.7. The van der Waals surface area contributed by atoms with E-state index in [9.17, 15) is 4.79 Å². The SMILES string of the molecule is CCC(NC(=O)c1ccnn1COc1ccc(Cl)cc1)c1ccccc1. The maximum absolute atomic E-state index is 12.7. The van der Waals surface area contributed by atoms with Gasteiger partial charge in [0.1, 0.15) is 11.4 Å². The Morgan fingerprint density at radius 3 is 2.58 bits per heavy atom. The molecule has 1 unspecified atom stereocenters. The van der Waals surface area contributed by atoms with E-state index in [0.717, 1.165) is 12.0 Å². The van der Waals surface area contributed by atoms with Gasteiger partial charge in [0.05, 0.1) is 6.04 Å². The quantitative estimate of drug-likeness (QED) is 0.669. The molecule has 0 radical (unpaired) electrons. The summed E-state index contributed by atoms with van der Waals surface area (Å²) >= 11 is 5.86. The highest BCUT2D eigenvalue weighted by Crippen LogP contribution is 2.18. The lowest BCUT2D eigenvalue weighted by atomic mass is 10.0. The lowest BCUT2D eigenvalue weighted by Crippen LogP contribution is -2.30. The highest BCUT2D eigenvalue weighted by Gasteiger charge is 2.17. The second kappa shape index (κ2) is 8.54. The summed E-state index contributed by atoms with van der Waals surface area (Å²) in [6, 6.07) is 18.6. The van der Waals surface area contributed by atoms with Crippen molar-refractivity contribution >= 4 is 17.5 Å². The molecular formula is C20H20ClN3O2. The van der Waals surface area contributed by atoms with Crippen LogP contribution in [-0.4, -0.2) is 15.7 Å². The monoisotopic (exact) mass is 369 g/mol. The first-order valence-corrected chi connectivity index (χ1v) is 8.81. The number of nitrogens with zero attached hydrogens (tertiary/aromatic N) is 2. The number of hydrogen-bond donors (Lipinski definition) is 1. The van der Waals surface area contributed by atoms with Gasteiger partial charge in [-0.25, -0.2) is 4.68 Å². The van der Waals surface area contributed by atoms with Crippen LogP contribution in [0.3, 0.4) is 0 Å². The van der Waals surface area contributed by atoms with Crippen LogP contribution in [-0.2, 0) is 6.73 Å². The van der Waals surface area contributed by atoms with Gasteiger partial charge in [0.25, 0.3) is 5.91 Å². The number of benzene rings is 2. The van der Waals surface area contributed by atoms with Crippen molar-refractivity contribution in [3.05, 3.63) is 83.1 Å². The number of aromatic nitrogens is 2. The minimum absolute atomic E-state index is 0.0516. The fraction of sp³-hybridized carbons (Fsp3) is 0.200. The zero-order valence-electron chi connectivity index (χ0n) is 14.4. The molecule has 26 heavy (non-hydrogen) atoms. The van der Waals surface area contributed by atoms with E-state index in [1.807, 2.05) is 37.3 Å². The summed E-state index contributed by atoms with van der Waals surface area (Å²) in [5.41, 5.74) is 1.53. The Hall–Kier alpha value is -2.79. The summed E-state index contributed by atoms with van der Waals surface area (Å²) in [5.74, 6) is 0.477. The molecule has 0 aliphatic carbocycles. The van der Waals surface area contributed by atoms with E-state index in [1.165, 1.54) is 4.68 Å². The van der Waals surface area contributed by atoms with Crippen LogP contribution in [0.1, 0.15) is 35.4 Å². The molecule has 0 fully saturated rings. The van der Waals surface area contributed by atoms with Crippen LogP contribution in [0.15, 0.2) is 66.9 Å². The number of nitrogens with one attached hydrogen (secondary N) is 1.